The topological polar surface area (TPSA) is 96.0 Å². The molecule has 172 valence electrons. The van der Waals surface area contributed by atoms with Crippen LogP contribution in [0.5, 0.6) is 0 Å². The van der Waals surface area contributed by atoms with Gasteiger partial charge in [-0.15, -0.1) is 0 Å². The van der Waals surface area contributed by atoms with Gasteiger partial charge in [-0.2, -0.15) is 0 Å². The molecule has 2 aromatic rings. The predicted molar refractivity (Wildman–Crippen MR) is 122 cm³/mol. The van der Waals surface area contributed by atoms with Gasteiger partial charge in [0.25, 0.3) is 5.91 Å². The van der Waals surface area contributed by atoms with E-state index in [4.69, 9.17) is 4.74 Å². The first-order valence-electron chi connectivity index (χ1n) is 11.3. The number of anilines is 1. The van der Waals surface area contributed by atoms with Gasteiger partial charge < -0.3 is 9.64 Å². The predicted octanol–water partition coefficient (Wildman–Crippen LogP) is 3.01. The van der Waals surface area contributed by atoms with E-state index in [9.17, 15) is 19.2 Å². The van der Waals surface area contributed by atoms with Crippen molar-refractivity contribution in [2.45, 2.75) is 51.7 Å². The summed E-state index contributed by atoms with van der Waals surface area (Å²) in [6, 6.07) is 8.88. The summed E-state index contributed by atoms with van der Waals surface area (Å²) in [6.07, 6.45) is 1.03. The average molecular weight is 450 g/mol. The summed E-state index contributed by atoms with van der Waals surface area (Å²) in [5, 5.41) is 4.20. The van der Waals surface area contributed by atoms with E-state index in [0.717, 1.165) is 22.8 Å². The molecule has 0 radical (unpaired) electrons. The van der Waals surface area contributed by atoms with Crippen LogP contribution in [0.25, 0.3) is 10.8 Å². The van der Waals surface area contributed by atoms with Crippen molar-refractivity contribution in [2.24, 2.45) is 5.92 Å². The third-order valence-electron chi connectivity index (χ3n) is 6.46. The van der Waals surface area contributed by atoms with Crippen LogP contribution >= 0.6 is 0 Å². The highest BCUT2D eigenvalue weighted by atomic mass is 16.6. The molecule has 8 heteroatoms. The number of carbonyl (C=O) groups is 4. The molecule has 1 N–H and O–H groups in total. The van der Waals surface area contributed by atoms with Crippen LogP contribution in [-0.2, 0) is 20.7 Å². The van der Waals surface area contributed by atoms with E-state index in [2.05, 4.69) is 5.32 Å². The van der Waals surface area contributed by atoms with Crippen molar-refractivity contribution in [1.29, 1.82) is 0 Å². The van der Waals surface area contributed by atoms with Gasteiger partial charge >= 0.3 is 6.09 Å². The lowest BCUT2D eigenvalue weighted by molar-refractivity contribution is -0.134. The zero-order valence-corrected chi connectivity index (χ0v) is 19.0. The zero-order chi connectivity index (χ0) is 23.5. The van der Waals surface area contributed by atoms with Gasteiger partial charge in [-0.25, -0.2) is 4.79 Å². The lowest BCUT2D eigenvalue weighted by Crippen LogP contribution is -2.53. The van der Waals surface area contributed by atoms with Crippen LogP contribution in [0.2, 0.25) is 0 Å². The first kappa shape index (κ1) is 21.4. The minimum absolute atomic E-state index is 0.206. The minimum Gasteiger partial charge on any atom is -0.444 e. The van der Waals surface area contributed by atoms with Crippen LogP contribution in [0.3, 0.4) is 0 Å². The number of hydrogen-bond donors (Lipinski definition) is 1. The molecule has 3 heterocycles. The van der Waals surface area contributed by atoms with Crippen LogP contribution in [0.1, 0.15) is 49.5 Å². The fourth-order valence-electron chi connectivity index (χ4n) is 4.97. The van der Waals surface area contributed by atoms with E-state index >= 15 is 0 Å². The van der Waals surface area contributed by atoms with Crippen molar-refractivity contribution < 1.29 is 23.9 Å². The highest BCUT2D eigenvalue weighted by molar-refractivity contribution is 6.27. The number of benzene rings is 2. The Labute approximate surface area is 191 Å². The maximum Gasteiger partial charge on any atom is 0.410 e. The van der Waals surface area contributed by atoms with Crippen molar-refractivity contribution in [3.8, 4) is 0 Å². The summed E-state index contributed by atoms with van der Waals surface area (Å²) >= 11 is 0. The van der Waals surface area contributed by atoms with E-state index < -0.39 is 17.6 Å². The molecule has 4 amide bonds. The molecule has 3 aliphatic rings. The van der Waals surface area contributed by atoms with Crippen LogP contribution in [-0.4, -0.2) is 53.4 Å². The molecule has 2 aromatic carbocycles. The Morgan fingerprint density at radius 3 is 2.58 bits per heavy atom. The van der Waals surface area contributed by atoms with Gasteiger partial charge in [-0.1, -0.05) is 18.2 Å². The number of nitrogens with zero attached hydrogens (tertiary/aromatic N) is 2. The molecule has 0 spiro atoms. The third kappa shape index (κ3) is 3.73. The summed E-state index contributed by atoms with van der Waals surface area (Å²) in [5.41, 5.74) is 1.90. The lowest BCUT2D eigenvalue weighted by Gasteiger charge is -2.40. The Morgan fingerprint density at radius 1 is 1.12 bits per heavy atom. The molecule has 33 heavy (non-hydrogen) atoms. The monoisotopic (exact) mass is 449 g/mol. The number of nitrogens with one attached hydrogen (secondary N) is 1. The SMILES string of the molecule is CC(C)(C)OC(=O)N1CC(Cc2ccc3c4c(cccc24)N(C2CCC(=O)NC2=O)C3=O)C1. The van der Waals surface area contributed by atoms with Gasteiger partial charge in [0.05, 0.1) is 5.69 Å². The van der Waals surface area contributed by atoms with Crippen LogP contribution in [0.15, 0.2) is 30.3 Å². The van der Waals surface area contributed by atoms with Crippen molar-refractivity contribution in [3.63, 3.8) is 0 Å². The number of hydrogen-bond acceptors (Lipinski definition) is 5. The summed E-state index contributed by atoms with van der Waals surface area (Å²) in [5.74, 6) is -0.622. The molecule has 0 bridgehead atoms. The standard InChI is InChI=1S/C25H27N3O5/c1-25(2,3)33-24(32)27-12-14(13-27)11-15-7-8-17-21-16(15)5-4-6-18(21)28(23(17)31)19-9-10-20(29)26-22(19)30/h4-8,14,19H,9-13H2,1-3H3,(H,26,29,30). The molecule has 8 nitrogen and oxygen atoms in total. The van der Waals surface area contributed by atoms with Gasteiger partial charge in [-0.05, 0) is 62.6 Å². The van der Waals surface area contributed by atoms with Crippen molar-refractivity contribution in [2.75, 3.05) is 18.0 Å². The van der Waals surface area contributed by atoms with Gasteiger partial charge in [0, 0.05) is 30.5 Å². The normalized spacial score (nSPS) is 20.8. The van der Waals surface area contributed by atoms with Gasteiger partial charge in [0.1, 0.15) is 11.6 Å². The fourth-order valence-corrected chi connectivity index (χ4v) is 4.97. The molecule has 3 aliphatic heterocycles. The number of rotatable bonds is 3. The third-order valence-corrected chi connectivity index (χ3v) is 6.46. The fraction of sp³-hybridized carbons (Fsp3) is 0.440. The first-order chi connectivity index (χ1) is 15.6. The Balaban J connectivity index is 1.37. The maximum atomic E-state index is 13.2. The zero-order valence-electron chi connectivity index (χ0n) is 19.0. The number of carbonyl (C=O) groups excluding carboxylic acids is 4. The lowest BCUT2D eigenvalue weighted by atomic mass is 9.89. The quantitative estimate of drug-likeness (QED) is 0.727. The van der Waals surface area contributed by atoms with Crippen molar-refractivity contribution >= 4 is 40.3 Å². The van der Waals surface area contributed by atoms with Gasteiger partial charge in [0.2, 0.25) is 11.8 Å². The Morgan fingerprint density at radius 2 is 1.88 bits per heavy atom. The molecule has 2 saturated heterocycles. The Bertz CT molecular complexity index is 1190. The molecule has 2 fully saturated rings. The maximum absolute atomic E-state index is 13.2. The second kappa shape index (κ2) is 7.57. The number of piperidine rings is 1. The summed E-state index contributed by atoms with van der Waals surface area (Å²) in [4.78, 5) is 52.8. The van der Waals surface area contributed by atoms with Crippen LogP contribution < -0.4 is 10.2 Å². The molecule has 5 rings (SSSR count). The number of ether oxygens (including phenoxy) is 1. The molecule has 0 saturated carbocycles. The van der Waals surface area contributed by atoms with Crippen LogP contribution in [0.4, 0.5) is 10.5 Å². The van der Waals surface area contributed by atoms with Crippen molar-refractivity contribution in [1.82, 2.24) is 10.2 Å². The van der Waals surface area contributed by atoms with Crippen molar-refractivity contribution in [3.05, 3.63) is 41.5 Å². The van der Waals surface area contributed by atoms with E-state index in [-0.39, 0.29) is 24.3 Å². The Kier molecular flexibility index (Phi) is 4.92. The van der Waals surface area contributed by atoms with Crippen LogP contribution in [0, 0.1) is 5.92 Å². The van der Waals surface area contributed by atoms with Gasteiger partial charge in [-0.3, -0.25) is 24.6 Å². The molecule has 1 unspecified atom stereocenters. The molecule has 1 atom stereocenters. The minimum atomic E-state index is -0.689. The molecule has 0 aromatic heterocycles. The second-order valence-corrected chi connectivity index (χ2v) is 10.1. The molecule has 0 aliphatic carbocycles. The van der Waals surface area contributed by atoms with E-state index in [1.807, 2.05) is 51.1 Å². The van der Waals surface area contributed by atoms with Gasteiger partial charge in [0.15, 0.2) is 0 Å². The summed E-state index contributed by atoms with van der Waals surface area (Å²) in [7, 11) is 0. The van der Waals surface area contributed by atoms with E-state index in [1.54, 1.807) is 4.90 Å². The average Bonchev–Trinajstić information content (AvgIpc) is 2.98. The summed E-state index contributed by atoms with van der Waals surface area (Å²) in [6.45, 7) is 6.84. The smallest absolute Gasteiger partial charge is 0.410 e. The number of amides is 4. The highest BCUT2D eigenvalue weighted by Crippen LogP contribution is 2.41. The molecular weight excluding hydrogens is 422 g/mol. The van der Waals surface area contributed by atoms with E-state index in [0.29, 0.717) is 36.7 Å². The summed E-state index contributed by atoms with van der Waals surface area (Å²) < 4.78 is 5.44. The molecular formula is C25H27N3O5. The highest BCUT2D eigenvalue weighted by Gasteiger charge is 2.41. The Hall–Kier alpha value is -3.42. The number of likely N-dealkylation sites (tertiary alicyclic amines) is 1. The largest absolute Gasteiger partial charge is 0.444 e. The van der Waals surface area contributed by atoms with E-state index in [1.165, 1.54) is 4.90 Å². The second-order valence-electron chi connectivity index (χ2n) is 10.1. The first-order valence-corrected chi connectivity index (χ1v) is 11.3. The number of imide groups is 1.